The van der Waals surface area contributed by atoms with Crippen LogP contribution in [-0.2, 0) is 0 Å². The molecule has 2 fully saturated rings. The number of pyridine rings is 1. The highest BCUT2D eigenvalue weighted by molar-refractivity contribution is 5.22. The van der Waals surface area contributed by atoms with E-state index in [9.17, 15) is 0 Å². The number of aromatic nitrogens is 1. The van der Waals surface area contributed by atoms with Gasteiger partial charge in [-0.1, -0.05) is 19.4 Å². The number of nitrogens with zero attached hydrogens (tertiary/aromatic N) is 1. The summed E-state index contributed by atoms with van der Waals surface area (Å²) in [5.41, 5.74) is 2.62. The molecular weight excluding hydrogens is 244 g/mol. The summed E-state index contributed by atoms with van der Waals surface area (Å²) < 4.78 is 0. The number of rotatable bonds is 6. The first kappa shape index (κ1) is 14.1. The van der Waals surface area contributed by atoms with Gasteiger partial charge < -0.3 is 5.32 Å². The second-order valence-electron chi connectivity index (χ2n) is 6.86. The number of hydrogen-bond donors (Lipinski definition) is 1. The Morgan fingerprint density at radius 2 is 2.25 bits per heavy atom. The Balaban J connectivity index is 1.71. The van der Waals surface area contributed by atoms with Crippen molar-refractivity contribution in [3.05, 3.63) is 29.6 Å². The smallest absolute Gasteiger partial charge is 0.0420 e. The van der Waals surface area contributed by atoms with Gasteiger partial charge >= 0.3 is 0 Å². The summed E-state index contributed by atoms with van der Waals surface area (Å²) in [6.45, 7) is 5.51. The predicted molar refractivity (Wildman–Crippen MR) is 83.6 cm³/mol. The van der Waals surface area contributed by atoms with Crippen LogP contribution >= 0.6 is 0 Å². The Morgan fingerprint density at radius 1 is 1.35 bits per heavy atom. The van der Waals surface area contributed by atoms with Gasteiger partial charge in [0.25, 0.3) is 0 Å². The fourth-order valence-corrected chi connectivity index (χ4v) is 4.47. The molecule has 0 radical (unpaired) electrons. The van der Waals surface area contributed by atoms with E-state index in [2.05, 4.69) is 36.3 Å². The van der Waals surface area contributed by atoms with Crippen LogP contribution in [0, 0.1) is 24.7 Å². The van der Waals surface area contributed by atoms with Crippen LogP contribution in [0.5, 0.6) is 0 Å². The monoisotopic (exact) mass is 272 g/mol. The first-order valence-corrected chi connectivity index (χ1v) is 8.42. The largest absolute Gasteiger partial charge is 0.310 e. The van der Waals surface area contributed by atoms with Gasteiger partial charge in [-0.3, -0.25) is 4.98 Å². The minimum absolute atomic E-state index is 0.507. The van der Waals surface area contributed by atoms with E-state index < -0.39 is 0 Å². The molecule has 2 heteroatoms. The highest BCUT2D eigenvalue weighted by atomic mass is 14.9. The highest BCUT2D eigenvalue weighted by Gasteiger charge is 2.40. The van der Waals surface area contributed by atoms with Gasteiger partial charge in [-0.05, 0) is 75.0 Å². The third kappa shape index (κ3) is 2.90. The molecular formula is C18H28N2. The van der Waals surface area contributed by atoms with E-state index in [0.29, 0.717) is 6.04 Å². The summed E-state index contributed by atoms with van der Waals surface area (Å²) in [7, 11) is 0. The van der Waals surface area contributed by atoms with Crippen molar-refractivity contribution in [1.29, 1.82) is 0 Å². The molecule has 2 nitrogen and oxygen atoms in total. The lowest BCUT2D eigenvalue weighted by Gasteiger charge is -2.28. The first-order valence-electron chi connectivity index (χ1n) is 8.42. The molecule has 1 aromatic heterocycles. The predicted octanol–water partition coefficient (Wildman–Crippen LogP) is 4.26. The Morgan fingerprint density at radius 3 is 2.90 bits per heavy atom. The van der Waals surface area contributed by atoms with Gasteiger partial charge in [-0.25, -0.2) is 0 Å². The molecule has 2 aliphatic carbocycles. The Hall–Kier alpha value is -0.890. The molecule has 1 heterocycles. The lowest BCUT2D eigenvalue weighted by molar-refractivity contribution is 0.278. The number of nitrogens with one attached hydrogen (secondary N) is 1. The van der Waals surface area contributed by atoms with Crippen molar-refractivity contribution in [2.75, 3.05) is 6.54 Å². The van der Waals surface area contributed by atoms with Crippen LogP contribution in [0.3, 0.4) is 0 Å². The number of hydrogen-bond acceptors (Lipinski definition) is 2. The topological polar surface area (TPSA) is 24.9 Å². The standard InChI is InChI=1S/C18H28N2/c1-3-8-20-18(17-5-4-9-19-13(17)2)12-16-11-14-6-7-15(16)10-14/h4-5,9,14-16,18,20H,3,6-8,10-12H2,1-2H3. The second kappa shape index (κ2) is 6.26. The van der Waals surface area contributed by atoms with Crippen LogP contribution < -0.4 is 5.32 Å². The summed E-state index contributed by atoms with van der Waals surface area (Å²) in [4.78, 5) is 4.49. The molecule has 0 spiro atoms. The number of aryl methyl sites for hydroxylation is 1. The lowest BCUT2D eigenvalue weighted by atomic mass is 9.82. The normalized spacial score (nSPS) is 29.8. The molecule has 1 N–H and O–H groups in total. The third-order valence-corrected chi connectivity index (χ3v) is 5.49. The molecule has 0 aromatic carbocycles. The molecule has 20 heavy (non-hydrogen) atoms. The fraction of sp³-hybridized carbons (Fsp3) is 0.722. The minimum Gasteiger partial charge on any atom is -0.310 e. The van der Waals surface area contributed by atoms with Crippen molar-refractivity contribution in [3.63, 3.8) is 0 Å². The van der Waals surface area contributed by atoms with Crippen LogP contribution in [0.4, 0.5) is 0 Å². The average Bonchev–Trinajstić information content (AvgIpc) is 3.06. The van der Waals surface area contributed by atoms with Crippen molar-refractivity contribution >= 4 is 0 Å². The SMILES string of the molecule is CCCNC(CC1CC2CCC1C2)c1cccnc1C. The van der Waals surface area contributed by atoms with Crippen molar-refractivity contribution in [1.82, 2.24) is 10.3 Å². The first-order chi connectivity index (χ1) is 9.78. The molecule has 4 atom stereocenters. The molecule has 110 valence electrons. The average molecular weight is 272 g/mol. The molecule has 0 aliphatic heterocycles. The van der Waals surface area contributed by atoms with Gasteiger partial charge in [-0.2, -0.15) is 0 Å². The third-order valence-electron chi connectivity index (χ3n) is 5.49. The fourth-order valence-electron chi connectivity index (χ4n) is 4.47. The van der Waals surface area contributed by atoms with Crippen molar-refractivity contribution < 1.29 is 0 Å². The van der Waals surface area contributed by atoms with Crippen LogP contribution in [-0.4, -0.2) is 11.5 Å². The van der Waals surface area contributed by atoms with Gasteiger partial charge in [0.2, 0.25) is 0 Å². The van der Waals surface area contributed by atoms with Crippen LogP contribution in [0.1, 0.15) is 62.7 Å². The molecule has 2 saturated carbocycles. The van der Waals surface area contributed by atoms with E-state index in [4.69, 9.17) is 0 Å². The van der Waals surface area contributed by atoms with Crippen molar-refractivity contribution in [3.8, 4) is 0 Å². The maximum absolute atomic E-state index is 4.49. The molecule has 2 aliphatic rings. The van der Waals surface area contributed by atoms with Crippen LogP contribution in [0.15, 0.2) is 18.3 Å². The maximum Gasteiger partial charge on any atom is 0.0420 e. The van der Waals surface area contributed by atoms with Gasteiger partial charge in [0, 0.05) is 17.9 Å². The molecule has 0 amide bonds. The zero-order valence-electron chi connectivity index (χ0n) is 12.9. The molecule has 3 rings (SSSR count). The minimum atomic E-state index is 0.507. The van der Waals surface area contributed by atoms with E-state index in [1.54, 1.807) is 0 Å². The molecule has 2 bridgehead atoms. The highest BCUT2D eigenvalue weighted by Crippen LogP contribution is 2.51. The van der Waals surface area contributed by atoms with E-state index in [-0.39, 0.29) is 0 Å². The van der Waals surface area contributed by atoms with E-state index >= 15 is 0 Å². The quantitative estimate of drug-likeness (QED) is 0.837. The van der Waals surface area contributed by atoms with E-state index in [1.807, 2.05) is 6.20 Å². The van der Waals surface area contributed by atoms with Gasteiger partial charge in [0.15, 0.2) is 0 Å². The summed E-state index contributed by atoms with van der Waals surface area (Å²) in [6.07, 6.45) is 10.4. The Bertz CT molecular complexity index is 443. The van der Waals surface area contributed by atoms with E-state index in [1.165, 1.54) is 49.8 Å². The number of fused-ring (bicyclic) bond motifs is 2. The summed E-state index contributed by atoms with van der Waals surface area (Å²) in [6, 6.07) is 4.86. The molecule has 0 saturated heterocycles. The van der Waals surface area contributed by atoms with Crippen molar-refractivity contribution in [2.24, 2.45) is 17.8 Å². The Labute approximate surface area is 123 Å². The molecule has 1 aromatic rings. The van der Waals surface area contributed by atoms with Gasteiger partial charge in [0.05, 0.1) is 0 Å². The zero-order chi connectivity index (χ0) is 13.9. The second-order valence-corrected chi connectivity index (χ2v) is 6.86. The van der Waals surface area contributed by atoms with Crippen LogP contribution in [0.25, 0.3) is 0 Å². The van der Waals surface area contributed by atoms with Gasteiger partial charge in [0.1, 0.15) is 0 Å². The molecule has 4 unspecified atom stereocenters. The summed E-state index contributed by atoms with van der Waals surface area (Å²) in [5.74, 6) is 3.01. The van der Waals surface area contributed by atoms with Gasteiger partial charge in [-0.15, -0.1) is 0 Å². The summed E-state index contributed by atoms with van der Waals surface area (Å²) >= 11 is 0. The Kier molecular flexibility index (Phi) is 4.40. The van der Waals surface area contributed by atoms with Crippen molar-refractivity contribution in [2.45, 2.75) is 58.4 Å². The van der Waals surface area contributed by atoms with E-state index in [0.717, 1.165) is 24.3 Å². The zero-order valence-corrected chi connectivity index (χ0v) is 12.9. The van der Waals surface area contributed by atoms with Crippen LogP contribution in [0.2, 0.25) is 0 Å². The lowest BCUT2D eigenvalue weighted by Crippen LogP contribution is -2.27. The summed E-state index contributed by atoms with van der Waals surface area (Å²) in [5, 5.41) is 3.77. The maximum atomic E-state index is 4.49.